The Balaban J connectivity index is 1.52. The normalized spacial score (nSPS) is 53.9. The van der Waals surface area contributed by atoms with Crippen molar-refractivity contribution >= 4 is 5.97 Å². The van der Waals surface area contributed by atoms with E-state index in [1.165, 1.54) is 0 Å². The highest BCUT2D eigenvalue weighted by Crippen LogP contribution is 2.70. The number of fused-ring (bicyclic) bond motifs is 5. The summed E-state index contributed by atoms with van der Waals surface area (Å²) in [6.07, 6.45) is 6.48. The van der Waals surface area contributed by atoms with E-state index in [1.54, 1.807) is 6.08 Å². The van der Waals surface area contributed by atoms with Crippen molar-refractivity contribution in [2.75, 3.05) is 6.61 Å². The lowest BCUT2D eigenvalue weighted by atomic mass is 9.41. The van der Waals surface area contributed by atoms with Gasteiger partial charge in [0.15, 0.2) is 0 Å². The summed E-state index contributed by atoms with van der Waals surface area (Å²) in [5.74, 6) is -0.280. The fraction of sp³-hybridized carbons (Fsp3) is 0.826. The molecule has 6 heteroatoms. The van der Waals surface area contributed by atoms with Crippen LogP contribution < -0.4 is 0 Å². The van der Waals surface area contributed by atoms with Gasteiger partial charge in [0.2, 0.25) is 0 Å². The van der Waals surface area contributed by atoms with E-state index in [4.69, 9.17) is 4.74 Å². The third-order valence-electron chi connectivity index (χ3n) is 9.75. The van der Waals surface area contributed by atoms with Crippen molar-refractivity contribution in [3.63, 3.8) is 0 Å². The van der Waals surface area contributed by atoms with Crippen molar-refractivity contribution in [3.05, 3.63) is 11.6 Å². The van der Waals surface area contributed by atoms with Gasteiger partial charge in [-0.1, -0.05) is 6.92 Å². The summed E-state index contributed by atoms with van der Waals surface area (Å²) in [5.41, 5.74) is -2.33. The standard InChI is InChI=1S/C23H31NO5/c1-20-6-3-17-18(4-8-22(27)11-15(25)2-7-21(17,22)13-24)23(20,28)9-5-16(20)14-10-19(26)29-12-14/h10,15-18,25,27-28H,2-9,11-12H2,1H3/t15-,16-,17+,18+,20+,21-,22+,23+/m0/s1. The maximum Gasteiger partial charge on any atom is 0.331 e. The first-order chi connectivity index (χ1) is 13.7. The molecule has 5 aliphatic rings. The molecular weight excluding hydrogens is 370 g/mol. The van der Waals surface area contributed by atoms with Gasteiger partial charge in [-0.15, -0.1) is 0 Å². The van der Waals surface area contributed by atoms with Gasteiger partial charge < -0.3 is 20.1 Å². The molecule has 0 amide bonds. The Hall–Kier alpha value is -1.42. The Kier molecular flexibility index (Phi) is 4.08. The van der Waals surface area contributed by atoms with Crippen LogP contribution in [0.5, 0.6) is 0 Å². The molecule has 0 spiro atoms. The highest BCUT2D eigenvalue weighted by molar-refractivity contribution is 5.85. The molecule has 1 aliphatic heterocycles. The molecular formula is C23H31NO5. The molecule has 0 saturated heterocycles. The molecule has 0 bridgehead atoms. The molecule has 0 aromatic carbocycles. The quantitative estimate of drug-likeness (QED) is 0.581. The minimum absolute atomic E-state index is 0.0416. The molecule has 0 unspecified atom stereocenters. The van der Waals surface area contributed by atoms with Gasteiger partial charge in [0.25, 0.3) is 0 Å². The predicted octanol–water partition coefficient (Wildman–Crippen LogP) is 2.22. The van der Waals surface area contributed by atoms with Crippen LogP contribution in [0.2, 0.25) is 0 Å². The van der Waals surface area contributed by atoms with Crippen molar-refractivity contribution < 1.29 is 24.9 Å². The van der Waals surface area contributed by atoms with Crippen LogP contribution in [0.3, 0.4) is 0 Å². The number of ether oxygens (including phenoxy) is 1. The van der Waals surface area contributed by atoms with Crippen LogP contribution in [0.15, 0.2) is 11.6 Å². The third-order valence-corrected chi connectivity index (χ3v) is 9.75. The highest BCUT2D eigenvalue weighted by atomic mass is 16.5. The Morgan fingerprint density at radius 2 is 1.86 bits per heavy atom. The number of nitrogens with zero attached hydrogens (tertiary/aromatic N) is 1. The van der Waals surface area contributed by atoms with Crippen LogP contribution in [0.1, 0.15) is 64.7 Å². The van der Waals surface area contributed by atoms with Gasteiger partial charge in [-0.2, -0.15) is 5.26 Å². The number of aliphatic hydroxyl groups excluding tert-OH is 1. The van der Waals surface area contributed by atoms with Gasteiger partial charge in [-0.05, 0) is 74.7 Å². The molecule has 0 aromatic rings. The van der Waals surface area contributed by atoms with Crippen LogP contribution in [0, 0.1) is 39.9 Å². The van der Waals surface area contributed by atoms with Gasteiger partial charge in [-0.3, -0.25) is 0 Å². The lowest BCUT2D eigenvalue weighted by Crippen LogP contribution is -2.67. The van der Waals surface area contributed by atoms with E-state index in [0.717, 1.165) is 24.8 Å². The second kappa shape index (κ2) is 6.06. The number of carbonyl (C=O) groups excluding carboxylic acids is 1. The van der Waals surface area contributed by atoms with Crippen LogP contribution >= 0.6 is 0 Å². The van der Waals surface area contributed by atoms with Crippen molar-refractivity contribution in [1.82, 2.24) is 0 Å². The smallest absolute Gasteiger partial charge is 0.331 e. The van der Waals surface area contributed by atoms with E-state index in [0.29, 0.717) is 38.7 Å². The first kappa shape index (κ1) is 19.5. The fourth-order valence-corrected chi connectivity index (χ4v) is 8.27. The highest BCUT2D eigenvalue weighted by Gasteiger charge is 2.71. The topological polar surface area (TPSA) is 111 Å². The average molecular weight is 402 g/mol. The molecule has 0 aromatic heterocycles. The van der Waals surface area contributed by atoms with E-state index in [-0.39, 0.29) is 35.6 Å². The number of nitriles is 1. The number of rotatable bonds is 1. The summed E-state index contributed by atoms with van der Waals surface area (Å²) < 4.78 is 5.16. The number of esters is 1. The molecule has 3 N–H and O–H groups in total. The number of hydrogen-bond donors (Lipinski definition) is 3. The van der Waals surface area contributed by atoms with E-state index in [9.17, 15) is 25.4 Å². The van der Waals surface area contributed by atoms with Gasteiger partial charge in [0.05, 0.1) is 28.8 Å². The van der Waals surface area contributed by atoms with Gasteiger partial charge in [-0.25, -0.2) is 4.79 Å². The SMILES string of the molecule is C[C@]12CC[C@@H]3[C@@H](CC[C@@]4(O)C[C@@H](O)CC[C@]34C#N)[C@]1(O)CC[C@H]2C1=CC(=O)OC1. The number of aliphatic hydroxyl groups is 3. The molecule has 5 rings (SSSR count). The van der Waals surface area contributed by atoms with Crippen molar-refractivity contribution in [2.24, 2.45) is 28.6 Å². The van der Waals surface area contributed by atoms with Crippen LogP contribution in [-0.2, 0) is 9.53 Å². The Morgan fingerprint density at radius 1 is 1.10 bits per heavy atom. The first-order valence-corrected chi connectivity index (χ1v) is 11.1. The second-order valence-corrected chi connectivity index (χ2v) is 10.6. The lowest BCUT2D eigenvalue weighted by molar-refractivity contribution is -0.242. The van der Waals surface area contributed by atoms with Crippen LogP contribution in [0.4, 0.5) is 0 Å². The average Bonchev–Trinajstić information content (AvgIpc) is 3.21. The third kappa shape index (κ3) is 2.30. The van der Waals surface area contributed by atoms with Gasteiger partial charge >= 0.3 is 5.97 Å². The minimum Gasteiger partial charge on any atom is -0.458 e. The van der Waals surface area contributed by atoms with E-state index < -0.39 is 22.7 Å². The second-order valence-electron chi connectivity index (χ2n) is 10.6. The fourth-order valence-electron chi connectivity index (χ4n) is 8.27. The zero-order valence-electron chi connectivity index (χ0n) is 17.1. The van der Waals surface area contributed by atoms with E-state index in [1.807, 2.05) is 0 Å². The van der Waals surface area contributed by atoms with Gasteiger partial charge in [0, 0.05) is 17.9 Å². The molecule has 158 valence electrons. The number of hydrogen-bond acceptors (Lipinski definition) is 6. The molecule has 1 heterocycles. The van der Waals surface area contributed by atoms with Crippen LogP contribution in [0.25, 0.3) is 0 Å². The van der Waals surface area contributed by atoms with Crippen molar-refractivity contribution in [1.29, 1.82) is 5.26 Å². The summed E-state index contributed by atoms with van der Waals surface area (Å²) in [6.45, 7) is 2.47. The molecule has 4 saturated carbocycles. The summed E-state index contributed by atoms with van der Waals surface area (Å²) in [7, 11) is 0. The maximum absolute atomic E-state index is 12.1. The van der Waals surface area contributed by atoms with Crippen LogP contribution in [-0.4, -0.2) is 45.2 Å². The largest absolute Gasteiger partial charge is 0.458 e. The van der Waals surface area contributed by atoms with E-state index in [2.05, 4.69) is 13.0 Å². The zero-order chi connectivity index (χ0) is 20.7. The number of carbonyl (C=O) groups is 1. The number of cyclic esters (lactones) is 1. The molecule has 0 radical (unpaired) electrons. The first-order valence-electron chi connectivity index (χ1n) is 11.1. The Bertz CT molecular complexity index is 819. The summed E-state index contributed by atoms with van der Waals surface area (Å²) in [5, 5.41) is 44.0. The Labute approximate surface area is 171 Å². The zero-order valence-corrected chi connectivity index (χ0v) is 17.1. The Morgan fingerprint density at radius 3 is 2.55 bits per heavy atom. The molecule has 29 heavy (non-hydrogen) atoms. The van der Waals surface area contributed by atoms with Gasteiger partial charge in [0.1, 0.15) is 6.61 Å². The lowest BCUT2D eigenvalue weighted by Gasteiger charge is -2.64. The van der Waals surface area contributed by atoms with E-state index >= 15 is 0 Å². The molecule has 8 atom stereocenters. The van der Waals surface area contributed by atoms with Crippen molar-refractivity contribution in [2.45, 2.75) is 82.0 Å². The summed E-state index contributed by atoms with van der Waals surface area (Å²) >= 11 is 0. The molecule has 4 aliphatic carbocycles. The molecule has 4 fully saturated rings. The molecule has 6 nitrogen and oxygen atoms in total. The maximum atomic E-state index is 12.1. The summed E-state index contributed by atoms with van der Waals surface area (Å²) in [6, 6.07) is 2.51. The van der Waals surface area contributed by atoms with Crippen molar-refractivity contribution in [3.8, 4) is 6.07 Å². The minimum atomic E-state index is -1.17. The monoisotopic (exact) mass is 401 g/mol. The predicted molar refractivity (Wildman–Crippen MR) is 103 cm³/mol. The summed E-state index contributed by atoms with van der Waals surface area (Å²) in [4.78, 5) is 11.6.